The predicted octanol–water partition coefficient (Wildman–Crippen LogP) is 3.35. The molecular formula is C20H21F3N6. The Morgan fingerprint density at radius 2 is 1.62 bits per heavy atom. The Hall–Kier alpha value is -2.84. The molecule has 0 atom stereocenters. The Labute approximate surface area is 166 Å². The van der Waals surface area contributed by atoms with Crippen molar-refractivity contribution in [3.63, 3.8) is 0 Å². The van der Waals surface area contributed by atoms with Crippen molar-refractivity contribution in [3.8, 4) is 0 Å². The van der Waals surface area contributed by atoms with Gasteiger partial charge in [-0.2, -0.15) is 27.8 Å². The molecule has 0 saturated carbocycles. The highest BCUT2D eigenvalue weighted by Gasteiger charge is 2.35. The van der Waals surface area contributed by atoms with Crippen LogP contribution >= 0.6 is 0 Å². The van der Waals surface area contributed by atoms with Gasteiger partial charge in [-0.15, -0.1) is 0 Å². The molecule has 5 rings (SSSR count). The molecule has 152 valence electrons. The van der Waals surface area contributed by atoms with Crippen LogP contribution in [0.5, 0.6) is 0 Å². The molecule has 1 fully saturated rings. The first-order valence-corrected chi connectivity index (χ1v) is 9.90. The van der Waals surface area contributed by atoms with E-state index in [0.29, 0.717) is 32.0 Å². The lowest BCUT2D eigenvalue weighted by molar-refractivity contribution is -0.137. The Kier molecular flexibility index (Phi) is 4.33. The van der Waals surface area contributed by atoms with Crippen molar-refractivity contribution >= 4 is 17.3 Å². The first-order chi connectivity index (χ1) is 14.0. The minimum absolute atomic E-state index is 0.252. The molecule has 29 heavy (non-hydrogen) atoms. The van der Waals surface area contributed by atoms with E-state index >= 15 is 0 Å². The van der Waals surface area contributed by atoms with Crippen molar-refractivity contribution < 1.29 is 13.2 Å². The topological polar surface area (TPSA) is 49.6 Å². The number of aryl methyl sites for hydroxylation is 1. The Balaban J connectivity index is 1.45. The SMILES string of the molecule is FC(F)(F)c1ccccc1N1CCN(c2c3c(nc4ncnn24)CCCC3)CC1. The molecular weight excluding hydrogens is 381 g/mol. The second-order valence-electron chi connectivity index (χ2n) is 7.53. The minimum Gasteiger partial charge on any atom is -0.367 e. The second-order valence-corrected chi connectivity index (χ2v) is 7.53. The molecule has 1 aliphatic heterocycles. The largest absolute Gasteiger partial charge is 0.418 e. The van der Waals surface area contributed by atoms with E-state index in [1.807, 2.05) is 4.90 Å². The van der Waals surface area contributed by atoms with Crippen LogP contribution < -0.4 is 9.80 Å². The molecule has 3 aromatic rings. The van der Waals surface area contributed by atoms with Crippen molar-refractivity contribution in [2.75, 3.05) is 36.0 Å². The lowest BCUT2D eigenvalue weighted by atomic mass is 9.96. The number of benzene rings is 1. The molecule has 9 heteroatoms. The summed E-state index contributed by atoms with van der Waals surface area (Å²) in [6.45, 7) is 2.27. The Morgan fingerprint density at radius 1 is 0.897 bits per heavy atom. The number of hydrogen-bond donors (Lipinski definition) is 0. The van der Waals surface area contributed by atoms with Gasteiger partial charge in [0.05, 0.1) is 11.3 Å². The van der Waals surface area contributed by atoms with Crippen LogP contribution in [0.4, 0.5) is 24.7 Å². The molecule has 0 spiro atoms. The average Bonchev–Trinajstić information content (AvgIpc) is 3.19. The number of piperazine rings is 1. The highest BCUT2D eigenvalue weighted by Crippen LogP contribution is 2.37. The summed E-state index contributed by atoms with van der Waals surface area (Å²) in [5, 5.41) is 4.36. The van der Waals surface area contributed by atoms with Crippen LogP contribution in [0.25, 0.3) is 5.78 Å². The quantitative estimate of drug-likeness (QED) is 0.658. The molecule has 3 heterocycles. The Morgan fingerprint density at radius 3 is 2.41 bits per heavy atom. The van der Waals surface area contributed by atoms with Gasteiger partial charge in [-0.3, -0.25) is 0 Å². The van der Waals surface area contributed by atoms with Gasteiger partial charge in [0.1, 0.15) is 12.1 Å². The van der Waals surface area contributed by atoms with Crippen molar-refractivity contribution in [3.05, 3.63) is 47.4 Å². The van der Waals surface area contributed by atoms with Crippen molar-refractivity contribution in [2.45, 2.75) is 31.9 Å². The maximum Gasteiger partial charge on any atom is 0.418 e. The summed E-state index contributed by atoms with van der Waals surface area (Å²) < 4.78 is 42.0. The highest BCUT2D eigenvalue weighted by molar-refractivity contribution is 5.59. The van der Waals surface area contributed by atoms with Crippen molar-refractivity contribution in [2.24, 2.45) is 0 Å². The van der Waals surface area contributed by atoms with E-state index < -0.39 is 11.7 Å². The van der Waals surface area contributed by atoms with Gasteiger partial charge in [0.25, 0.3) is 5.78 Å². The molecule has 0 amide bonds. The van der Waals surface area contributed by atoms with Gasteiger partial charge in [-0.05, 0) is 37.8 Å². The lowest BCUT2D eigenvalue weighted by Crippen LogP contribution is -2.48. The maximum absolute atomic E-state index is 13.4. The summed E-state index contributed by atoms with van der Waals surface area (Å²) in [7, 11) is 0. The van der Waals surface area contributed by atoms with Crippen LogP contribution in [0.1, 0.15) is 29.7 Å². The van der Waals surface area contributed by atoms with E-state index in [9.17, 15) is 13.2 Å². The van der Waals surface area contributed by atoms with Crippen molar-refractivity contribution in [1.82, 2.24) is 19.6 Å². The summed E-state index contributed by atoms with van der Waals surface area (Å²) in [6.07, 6.45) is 1.26. The van der Waals surface area contributed by atoms with E-state index in [1.165, 1.54) is 18.0 Å². The zero-order chi connectivity index (χ0) is 20.0. The monoisotopic (exact) mass is 402 g/mol. The fourth-order valence-electron chi connectivity index (χ4n) is 4.44. The smallest absolute Gasteiger partial charge is 0.367 e. The van der Waals surface area contributed by atoms with E-state index in [4.69, 9.17) is 0 Å². The van der Waals surface area contributed by atoms with Crippen LogP contribution in [0, 0.1) is 0 Å². The molecule has 1 aromatic carbocycles. The molecule has 1 aliphatic carbocycles. The number of anilines is 2. The molecule has 6 nitrogen and oxygen atoms in total. The molecule has 2 aliphatic rings. The molecule has 0 unspecified atom stereocenters. The second kappa shape index (κ2) is 6.89. The van der Waals surface area contributed by atoms with Crippen LogP contribution in [0.3, 0.4) is 0 Å². The number of alkyl halides is 3. The van der Waals surface area contributed by atoms with Gasteiger partial charge in [0, 0.05) is 37.4 Å². The lowest BCUT2D eigenvalue weighted by Gasteiger charge is -2.39. The molecule has 0 radical (unpaired) electrons. The standard InChI is InChI=1S/C20H21F3N6/c21-20(22,23)15-6-2-4-8-17(15)27-9-11-28(12-10-27)18-14-5-1-3-7-16(14)26-19-24-13-25-29(18)19/h2,4,6,8,13H,1,3,5,7,9-12H2. The third kappa shape index (κ3) is 3.18. The van der Waals surface area contributed by atoms with Gasteiger partial charge in [0.2, 0.25) is 0 Å². The average molecular weight is 402 g/mol. The van der Waals surface area contributed by atoms with E-state index in [2.05, 4.69) is 20.0 Å². The number of para-hydroxylation sites is 1. The fourth-order valence-corrected chi connectivity index (χ4v) is 4.44. The van der Waals surface area contributed by atoms with Gasteiger partial charge < -0.3 is 9.80 Å². The number of nitrogens with zero attached hydrogens (tertiary/aromatic N) is 6. The van der Waals surface area contributed by atoms with Gasteiger partial charge in [0.15, 0.2) is 0 Å². The first kappa shape index (κ1) is 18.2. The summed E-state index contributed by atoms with van der Waals surface area (Å²) in [5.74, 6) is 1.59. The highest BCUT2D eigenvalue weighted by atomic mass is 19.4. The van der Waals surface area contributed by atoms with E-state index in [-0.39, 0.29) is 5.69 Å². The van der Waals surface area contributed by atoms with E-state index in [0.717, 1.165) is 43.3 Å². The zero-order valence-electron chi connectivity index (χ0n) is 15.9. The number of fused-ring (bicyclic) bond motifs is 2. The van der Waals surface area contributed by atoms with Gasteiger partial charge in [-0.25, -0.2) is 4.98 Å². The van der Waals surface area contributed by atoms with Crippen LogP contribution in [-0.2, 0) is 19.0 Å². The normalized spacial score (nSPS) is 17.6. The zero-order valence-corrected chi connectivity index (χ0v) is 15.9. The maximum atomic E-state index is 13.4. The first-order valence-electron chi connectivity index (χ1n) is 9.90. The van der Waals surface area contributed by atoms with Gasteiger partial charge >= 0.3 is 6.18 Å². The summed E-state index contributed by atoms with van der Waals surface area (Å²) >= 11 is 0. The van der Waals surface area contributed by atoms with E-state index in [1.54, 1.807) is 16.6 Å². The molecule has 1 saturated heterocycles. The fraction of sp³-hybridized carbons (Fsp3) is 0.450. The molecule has 0 bridgehead atoms. The minimum atomic E-state index is -4.36. The summed E-state index contributed by atoms with van der Waals surface area (Å²) in [6, 6.07) is 5.81. The molecule has 2 aromatic heterocycles. The number of rotatable bonds is 2. The summed E-state index contributed by atoms with van der Waals surface area (Å²) in [4.78, 5) is 13.0. The van der Waals surface area contributed by atoms with Crippen LogP contribution in [0.15, 0.2) is 30.6 Å². The van der Waals surface area contributed by atoms with Crippen molar-refractivity contribution in [1.29, 1.82) is 0 Å². The van der Waals surface area contributed by atoms with Gasteiger partial charge in [-0.1, -0.05) is 12.1 Å². The van der Waals surface area contributed by atoms with Crippen LogP contribution in [-0.4, -0.2) is 45.8 Å². The summed E-state index contributed by atoms with van der Waals surface area (Å²) in [5.41, 5.74) is 1.96. The third-order valence-corrected chi connectivity index (χ3v) is 5.80. The molecule has 0 N–H and O–H groups in total. The third-order valence-electron chi connectivity index (χ3n) is 5.80. The predicted molar refractivity (Wildman–Crippen MR) is 103 cm³/mol. The van der Waals surface area contributed by atoms with Crippen LogP contribution in [0.2, 0.25) is 0 Å². The number of halogens is 3. The Bertz CT molecular complexity index is 1040. The number of aromatic nitrogens is 4. The number of hydrogen-bond acceptors (Lipinski definition) is 5.